The Morgan fingerprint density at radius 1 is 1.05 bits per heavy atom. The van der Waals surface area contributed by atoms with E-state index in [4.69, 9.17) is 33.6 Å². The lowest BCUT2D eigenvalue weighted by molar-refractivity contribution is 0.150. The zero-order chi connectivity index (χ0) is 15.0. The zero-order valence-electron chi connectivity index (χ0n) is 12.1. The SMILES string of the molecule is N=c1c2c(Cl)c(Cl)ccc2nc2n1C1CC3CC(CC2C3)C1. The molecule has 4 bridgehead atoms. The summed E-state index contributed by atoms with van der Waals surface area (Å²) in [4.78, 5) is 4.94. The molecule has 0 spiro atoms. The van der Waals surface area contributed by atoms with E-state index in [0.29, 0.717) is 32.9 Å². The number of hydrogen-bond acceptors (Lipinski definition) is 2. The second kappa shape index (κ2) is 4.48. The van der Waals surface area contributed by atoms with Gasteiger partial charge < -0.3 is 4.57 Å². The minimum atomic E-state index is 0.422. The average Bonchev–Trinajstić information content (AvgIpc) is 2.65. The Hall–Kier alpha value is -1.06. The van der Waals surface area contributed by atoms with Crippen LogP contribution in [0.2, 0.25) is 10.0 Å². The van der Waals surface area contributed by atoms with Crippen molar-refractivity contribution in [3.05, 3.63) is 33.5 Å². The second-order valence-electron chi connectivity index (χ2n) is 7.21. The summed E-state index contributed by atoms with van der Waals surface area (Å²) in [6.07, 6.45) is 6.25. The summed E-state index contributed by atoms with van der Waals surface area (Å²) >= 11 is 12.6. The van der Waals surface area contributed by atoms with Crippen LogP contribution in [0.15, 0.2) is 12.1 Å². The number of aromatic nitrogens is 2. The molecule has 0 amide bonds. The first kappa shape index (κ1) is 13.4. The normalized spacial score (nSPS) is 32.3. The third-order valence-electron chi connectivity index (χ3n) is 5.88. The third kappa shape index (κ3) is 1.70. The lowest BCUT2D eigenvalue weighted by Crippen LogP contribution is -2.31. The van der Waals surface area contributed by atoms with Gasteiger partial charge in [-0.25, -0.2) is 4.98 Å². The van der Waals surface area contributed by atoms with Gasteiger partial charge in [0.25, 0.3) is 0 Å². The van der Waals surface area contributed by atoms with Gasteiger partial charge in [0, 0.05) is 12.0 Å². The molecule has 2 aromatic rings. The van der Waals surface area contributed by atoms with Crippen molar-refractivity contribution in [1.29, 1.82) is 5.41 Å². The van der Waals surface area contributed by atoms with E-state index in [9.17, 15) is 0 Å². The Morgan fingerprint density at radius 3 is 2.50 bits per heavy atom. The molecule has 0 radical (unpaired) electrons. The van der Waals surface area contributed by atoms with E-state index >= 15 is 0 Å². The lowest BCUT2D eigenvalue weighted by atomic mass is 9.68. The highest BCUT2D eigenvalue weighted by molar-refractivity contribution is 6.45. The summed E-state index contributed by atoms with van der Waals surface area (Å²) in [5, 5.41) is 10.4. The molecule has 22 heavy (non-hydrogen) atoms. The first-order valence-electron chi connectivity index (χ1n) is 8.06. The van der Waals surface area contributed by atoms with Crippen molar-refractivity contribution >= 4 is 34.1 Å². The molecular formula is C17H17Cl2N3. The van der Waals surface area contributed by atoms with Crippen molar-refractivity contribution in [3.63, 3.8) is 0 Å². The molecule has 114 valence electrons. The van der Waals surface area contributed by atoms with Crippen LogP contribution >= 0.6 is 23.2 Å². The summed E-state index contributed by atoms with van der Waals surface area (Å²) < 4.78 is 2.19. The molecule has 4 aliphatic rings. The highest BCUT2D eigenvalue weighted by atomic mass is 35.5. The predicted octanol–water partition coefficient (Wildman–Crippen LogP) is 4.67. The molecule has 2 aliphatic heterocycles. The molecule has 5 heteroatoms. The molecule has 2 unspecified atom stereocenters. The molecule has 2 aliphatic carbocycles. The Balaban J connectivity index is 1.87. The van der Waals surface area contributed by atoms with E-state index in [2.05, 4.69) is 4.57 Å². The van der Waals surface area contributed by atoms with Crippen LogP contribution in [0.3, 0.4) is 0 Å². The molecular weight excluding hydrogens is 317 g/mol. The van der Waals surface area contributed by atoms with Crippen molar-refractivity contribution in [2.24, 2.45) is 11.8 Å². The monoisotopic (exact) mass is 333 g/mol. The van der Waals surface area contributed by atoms with Gasteiger partial charge in [0.15, 0.2) is 0 Å². The van der Waals surface area contributed by atoms with Crippen LogP contribution in [0, 0.1) is 17.2 Å². The standard InChI is InChI=1S/C17H17Cl2N3/c18-12-1-2-13-14(15(12)19)16(20)22-11-6-8-3-9(7-11)5-10(4-8)17(22)21-13/h1-2,8-11,20H,3-7H2. The Labute approximate surface area is 138 Å². The summed E-state index contributed by atoms with van der Waals surface area (Å²) in [5.74, 6) is 3.25. The molecule has 2 saturated carbocycles. The van der Waals surface area contributed by atoms with Crippen molar-refractivity contribution in [3.8, 4) is 0 Å². The second-order valence-corrected chi connectivity index (χ2v) is 7.99. The van der Waals surface area contributed by atoms with Crippen LogP contribution in [-0.2, 0) is 0 Å². The molecule has 3 heterocycles. The van der Waals surface area contributed by atoms with Gasteiger partial charge in [-0.2, -0.15) is 0 Å². The summed E-state index contributed by atoms with van der Waals surface area (Å²) in [5.41, 5.74) is 1.32. The molecule has 3 nitrogen and oxygen atoms in total. The fourth-order valence-electron chi connectivity index (χ4n) is 5.17. The quantitative estimate of drug-likeness (QED) is 0.747. The number of nitrogens with one attached hydrogen (secondary N) is 1. The number of fused-ring (bicyclic) bond motifs is 1. The van der Waals surface area contributed by atoms with Gasteiger partial charge in [-0.15, -0.1) is 0 Å². The topological polar surface area (TPSA) is 41.7 Å². The maximum atomic E-state index is 8.76. The van der Waals surface area contributed by atoms with Gasteiger partial charge in [-0.3, -0.25) is 5.41 Å². The summed E-state index contributed by atoms with van der Waals surface area (Å²) in [7, 11) is 0. The Kier molecular flexibility index (Phi) is 2.73. The first-order valence-corrected chi connectivity index (χ1v) is 8.82. The lowest BCUT2D eigenvalue weighted by Gasteiger charge is -2.37. The number of rotatable bonds is 0. The van der Waals surface area contributed by atoms with Crippen molar-refractivity contribution in [2.75, 3.05) is 0 Å². The molecule has 1 aromatic heterocycles. The van der Waals surface area contributed by atoms with Crippen LogP contribution in [0.25, 0.3) is 10.9 Å². The minimum Gasteiger partial charge on any atom is -0.311 e. The number of benzene rings is 1. The van der Waals surface area contributed by atoms with Gasteiger partial charge >= 0.3 is 0 Å². The smallest absolute Gasteiger partial charge is 0.137 e. The van der Waals surface area contributed by atoms with E-state index in [-0.39, 0.29) is 0 Å². The van der Waals surface area contributed by atoms with Gasteiger partial charge in [0.2, 0.25) is 0 Å². The molecule has 2 fully saturated rings. The zero-order valence-corrected chi connectivity index (χ0v) is 13.7. The van der Waals surface area contributed by atoms with Gasteiger partial charge in [0.1, 0.15) is 11.3 Å². The van der Waals surface area contributed by atoms with E-state index in [1.54, 1.807) is 6.07 Å². The van der Waals surface area contributed by atoms with Crippen LogP contribution < -0.4 is 5.49 Å². The van der Waals surface area contributed by atoms with Crippen LogP contribution in [0.4, 0.5) is 0 Å². The highest BCUT2D eigenvalue weighted by Gasteiger charge is 2.43. The Morgan fingerprint density at radius 2 is 1.77 bits per heavy atom. The maximum Gasteiger partial charge on any atom is 0.137 e. The van der Waals surface area contributed by atoms with Gasteiger partial charge in [-0.1, -0.05) is 23.2 Å². The van der Waals surface area contributed by atoms with Crippen LogP contribution in [0.5, 0.6) is 0 Å². The van der Waals surface area contributed by atoms with Crippen molar-refractivity contribution < 1.29 is 0 Å². The van der Waals surface area contributed by atoms with Crippen LogP contribution in [0.1, 0.15) is 49.9 Å². The fourth-order valence-corrected chi connectivity index (χ4v) is 5.57. The Bertz CT molecular complexity index is 843. The summed E-state index contributed by atoms with van der Waals surface area (Å²) in [6.45, 7) is 0. The predicted molar refractivity (Wildman–Crippen MR) is 87.5 cm³/mol. The first-order chi connectivity index (χ1) is 10.6. The molecule has 0 saturated heterocycles. The van der Waals surface area contributed by atoms with Gasteiger partial charge in [0.05, 0.1) is 20.9 Å². The third-order valence-corrected chi connectivity index (χ3v) is 6.68. The highest BCUT2D eigenvalue weighted by Crippen LogP contribution is 2.52. The van der Waals surface area contributed by atoms with Crippen molar-refractivity contribution in [2.45, 2.75) is 44.1 Å². The number of halogens is 2. The molecule has 2 atom stereocenters. The maximum absolute atomic E-state index is 8.76. The fraction of sp³-hybridized carbons (Fsp3) is 0.529. The van der Waals surface area contributed by atoms with Gasteiger partial charge in [-0.05, 0) is 56.1 Å². The van der Waals surface area contributed by atoms with E-state index in [1.165, 1.54) is 32.1 Å². The van der Waals surface area contributed by atoms with E-state index in [1.807, 2.05) is 6.07 Å². The minimum absolute atomic E-state index is 0.422. The molecule has 1 aromatic carbocycles. The largest absolute Gasteiger partial charge is 0.311 e. The van der Waals surface area contributed by atoms with Crippen molar-refractivity contribution in [1.82, 2.24) is 9.55 Å². The average molecular weight is 334 g/mol. The van der Waals surface area contributed by atoms with Crippen LogP contribution in [-0.4, -0.2) is 9.55 Å². The molecule has 6 rings (SSSR count). The van der Waals surface area contributed by atoms with E-state index < -0.39 is 0 Å². The molecule has 1 N–H and O–H groups in total. The van der Waals surface area contributed by atoms with E-state index in [0.717, 1.165) is 23.2 Å². The summed E-state index contributed by atoms with van der Waals surface area (Å²) in [6, 6.07) is 4.11. The number of nitrogens with zero attached hydrogens (tertiary/aromatic N) is 2. The number of hydrogen-bond donors (Lipinski definition) is 1.